The van der Waals surface area contributed by atoms with Crippen molar-refractivity contribution in [3.63, 3.8) is 0 Å². The first-order chi connectivity index (χ1) is 14.2. The lowest BCUT2D eigenvalue weighted by atomic mass is 10.2. The van der Waals surface area contributed by atoms with E-state index in [9.17, 15) is 4.79 Å². The Hall–Kier alpha value is -2.90. The minimum atomic E-state index is 0.265. The fourth-order valence-corrected chi connectivity index (χ4v) is 3.13. The summed E-state index contributed by atoms with van der Waals surface area (Å²) < 4.78 is 9.85. The van der Waals surface area contributed by atoms with Crippen molar-refractivity contribution in [1.82, 2.24) is 15.4 Å². The second-order valence-corrected chi connectivity index (χ2v) is 6.98. The monoisotopic (exact) mass is 396 g/mol. The van der Waals surface area contributed by atoms with Crippen molar-refractivity contribution in [1.29, 1.82) is 0 Å². The summed E-state index contributed by atoms with van der Waals surface area (Å²) in [7, 11) is 2.02. The van der Waals surface area contributed by atoms with Crippen LogP contribution >= 0.6 is 0 Å². The Bertz CT molecular complexity index is 851. The average Bonchev–Trinajstić information content (AvgIpc) is 3.45. The number of aromatic nitrogens is 1. The second-order valence-electron chi connectivity index (χ2n) is 6.98. The first-order valence-electron chi connectivity index (χ1n) is 9.84. The summed E-state index contributed by atoms with van der Waals surface area (Å²) in [5.74, 6) is 1.03. The normalized spacial score (nSPS) is 14.3. The van der Waals surface area contributed by atoms with Crippen LogP contribution < -0.4 is 10.2 Å². The highest BCUT2D eigenvalue weighted by molar-refractivity contribution is 5.73. The van der Waals surface area contributed by atoms with Gasteiger partial charge in [0.15, 0.2) is 12.0 Å². The number of hydrogen-bond donors (Lipinski definition) is 1. The van der Waals surface area contributed by atoms with Crippen LogP contribution in [0.5, 0.6) is 0 Å². The van der Waals surface area contributed by atoms with Crippen molar-refractivity contribution in [2.75, 3.05) is 51.2 Å². The third kappa shape index (κ3) is 6.04. The molecule has 1 saturated heterocycles. The molecule has 0 amide bonds. The highest BCUT2D eigenvalue weighted by Gasteiger charge is 2.16. The number of benzene rings is 1. The molecule has 3 aromatic rings. The first kappa shape index (κ1) is 20.8. The van der Waals surface area contributed by atoms with Crippen LogP contribution in [0.3, 0.4) is 0 Å². The molecule has 1 N–H and O–H groups in total. The van der Waals surface area contributed by atoms with Gasteiger partial charge in [-0.05, 0) is 38.2 Å². The molecule has 3 heterocycles. The quantitative estimate of drug-likeness (QED) is 0.642. The molecule has 29 heavy (non-hydrogen) atoms. The van der Waals surface area contributed by atoms with Gasteiger partial charge in [0.05, 0.1) is 6.26 Å². The first-order valence-corrected chi connectivity index (χ1v) is 9.84. The number of carbonyl (C=O) groups excluding carboxylic acids is 1. The number of likely N-dealkylation sites (N-methyl/N-ethyl adjacent to an activating group) is 1. The van der Waals surface area contributed by atoms with Gasteiger partial charge in [-0.15, -0.1) is 0 Å². The van der Waals surface area contributed by atoms with E-state index in [2.05, 4.69) is 51.5 Å². The Balaban J connectivity index is 0.000000176. The molecule has 0 aliphatic carbocycles. The van der Waals surface area contributed by atoms with Crippen LogP contribution in [0.4, 0.5) is 5.69 Å². The minimum Gasteiger partial charge on any atom is -0.461 e. The van der Waals surface area contributed by atoms with Crippen LogP contribution in [-0.2, 0) is 0 Å². The summed E-state index contributed by atoms with van der Waals surface area (Å²) in [6.07, 6.45) is 2.15. The number of nitrogens with one attached hydrogen (secondary N) is 1. The van der Waals surface area contributed by atoms with Gasteiger partial charge in [0.2, 0.25) is 5.76 Å². The van der Waals surface area contributed by atoms with E-state index in [0.717, 1.165) is 26.2 Å². The molecule has 2 aromatic heterocycles. The highest BCUT2D eigenvalue weighted by atomic mass is 16.5. The largest absolute Gasteiger partial charge is 0.461 e. The fraction of sp³-hybridized carbons (Fsp3) is 0.364. The van der Waals surface area contributed by atoms with Gasteiger partial charge in [-0.3, -0.25) is 9.69 Å². The molecular formula is C22H28N4O3. The van der Waals surface area contributed by atoms with Crippen LogP contribution in [0, 0.1) is 6.92 Å². The van der Waals surface area contributed by atoms with Gasteiger partial charge in [-0.1, -0.05) is 22.9 Å². The molecule has 1 fully saturated rings. The molecule has 154 valence electrons. The molecule has 0 atom stereocenters. The van der Waals surface area contributed by atoms with Crippen molar-refractivity contribution < 1.29 is 13.7 Å². The molecule has 7 heteroatoms. The molecule has 4 rings (SSSR count). The number of nitrogens with zero attached hydrogens (tertiary/aromatic N) is 3. The zero-order valence-electron chi connectivity index (χ0n) is 17.0. The topological polar surface area (TPSA) is 74.8 Å². The van der Waals surface area contributed by atoms with Gasteiger partial charge in [0, 0.05) is 51.0 Å². The predicted octanol–water partition coefficient (Wildman–Crippen LogP) is 3.08. The van der Waals surface area contributed by atoms with E-state index in [1.165, 1.54) is 36.7 Å². The third-order valence-electron chi connectivity index (χ3n) is 4.86. The molecular weight excluding hydrogens is 368 g/mol. The van der Waals surface area contributed by atoms with Gasteiger partial charge < -0.3 is 19.2 Å². The lowest BCUT2D eigenvalue weighted by Gasteiger charge is -2.36. The third-order valence-corrected chi connectivity index (χ3v) is 4.86. The number of hydrogen-bond acceptors (Lipinski definition) is 7. The van der Waals surface area contributed by atoms with E-state index in [1.807, 2.05) is 7.05 Å². The van der Waals surface area contributed by atoms with Crippen LogP contribution in [0.1, 0.15) is 16.1 Å². The van der Waals surface area contributed by atoms with E-state index in [0.29, 0.717) is 17.8 Å². The lowest BCUT2D eigenvalue weighted by Crippen LogP contribution is -2.48. The van der Waals surface area contributed by atoms with Crippen molar-refractivity contribution in [2.45, 2.75) is 6.92 Å². The molecule has 7 nitrogen and oxygen atoms in total. The van der Waals surface area contributed by atoms with Crippen LogP contribution in [0.2, 0.25) is 0 Å². The number of rotatable bonds is 6. The van der Waals surface area contributed by atoms with Gasteiger partial charge in [-0.2, -0.15) is 0 Å². The fourth-order valence-electron chi connectivity index (χ4n) is 3.13. The number of anilines is 1. The number of piperazine rings is 1. The number of furan rings is 1. The maximum absolute atomic E-state index is 10.2. The molecule has 0 saturated carbocycles. The maximum atomic E-state index is 10.2. The summed E-state index contributed by atoms with van der Waals surface area (Å²) in [5.41, 5.74) is 2.96. The number of aryl methyl sites for hydroxylation is 1. The number of carbonyl (C=O) groups is 1. The summed E-state index contributed by atoms with van der Waals surface area (Å²) in [6, 6.07) is 13.8. The van der Waals surface area contributed by atoms with Gasteiger partial charge in [0.25, 0.3) is 0 Å². The lowest BCUT2D eigenvalue weighted by molar-refractivity contribution is 0.111. The van der Waals surface area contributed by atoms with Crippen molar-refractivity contribution in [3.05, 3.63) is 60.0 Å². The van der Waals surface area contributed by atoms with Crippen LogP contribution in [0.25, 0.3) is 11.5 Å². The summed E-state index contributed by atoms with van der Waals surface area (Å²) >= 11 is 0. The van der Waals surface area contributed by atoms with Gasteiger partial charge >= 0.3 is 0 Å². The Kier molecular flexibility index (Phi) is 7.61. The highest BCUT2D eigenvalue weighted by Crippen LogP contribution is 2.19. The molecule has 0 radical (unpaired) electrons. The second kappa shape index (κ2) is 10.6. The molecule has 1 aliphatic heterocycles. The maximum Gasteiger partial charge on any atom is 0.202 e. The Morgan fingerprint density at radius 1 is 1.10 bits per heavy atom. The Morgan fingerprint density at radius 2 is 1.86 bits per heavy atom. The molecule has 0 bridgehead atoms. The SMILES string of the molecule is CNCCN1CCN(c2ccc(C)cc2)CC1.O=Cc1cc(-c2ccco2)on1. The van der Waals surface area contributed by atoms with Crippen LogP contribution in [-0.4, -0.2) is 62.7 Å². The van der Waals surface area contributed by atoms with E-state index < -0.39 is 0 Å². The van der Waals surface area contributed by atoms with E-state index in [1.54, 1.807) is 12.1 Å². The molecule has 0 unspecified atom stereocenters. The average molecular weight is 396 g/mol. The summed E-state index contributed by atoms with van der Waals surface area (Å²) in [4.78, 5) is 15.2. The van der Waals surface area contributed by atoms with Crippen molar-refractivity contribution >= 4 is 12.0 Å². The zero-order valence-corrected chi connectivity index (χ0v) is 17.0. The van der Waals surface area contributed by atoms with E-state index >= 15 is 0 Å². The molecule has 1 aliphatic rings. The smallest absolute Gasteiger partial charge is 0.202 e. The van der Waals surface area contributed by atoms with Gasteiger partial charge in [0.1, 0.15) is 5.69 Å². The molecule has 0 spiro atoms. The summed E-state index contributed by atoms with van der Waals surface area (Å²) in [5, 5.41) is 6.70. The minimum absolute atomic E-state index is 0.265. The standard InChI is InChI=1S/C14H23N3.C8H5NO3/c1-13-3-5-14(6-4-13)17-11-9-16(10-12-17)8-7-15-2;10-5-6-4-8(12-9-6)7-2-1-3-11-7/h3-6,15H,7-12H2,1-2H3;1-5H. The predicted molar refractivity (Wildman–Crippen MR) is 113 cm³/mol. The molecule has 1 aromatic carbocycles. The summed E-state index contributed by atoms with van der Waals surface area (Å²) in [6.45, 7) is 9.03. The number of aldehydes is 1. The zero-order chi connectivity index (χ0) is 20.5. The van der Waals surface area contributed by atoms with Crippen molar-refractivity contribution in [3.8, 4) is 11.5 Å². The Morgan fingerprint density at radius 3 is 2.45 bits per heavy atom. The van der Waals surface area contributed by atoms with Gasteiger partial charge in [-0.25, -0.2) is 0 Å². The Labute approximate surface area is 171 Å². The van der Waals surface area contributed by atoms with Crippen molar-refractivity contribution in [2.24, 2.45) is 0 Å². The van der Waals surface area contributed by atoms with E-state index in [-0.39, 0.29) is 5.69 Å². The van der Waals surface area contributed by atoms with Crippen LogP contribution in [0.15, 0.2) is 57.7 Å². The van der Waals surface area contributed by atoms with E-state index in [4.69, 9.17) is 8.94 Å².